The number of halogens is 1. The molecule has 1 rings (SSSR count). The van der Waals surface area contributed by atoms with Gasteiger partial charge in [0.15, 0.2) is 0 Å². The van der Waals surface area contributed by atoms with Crippen LogP contribution < -0.4 is 0 Å². The maximum absolute atomic E-state index is 11.7. The van der Waals surface area contributed by atoms with Gasteiger partial charge < -0.3 is 0 Å². The highest BCUT2D eigenvalue weighted by Gasteiger charge is 2.03. The van der Waals surface area contributed by atoms with Crippen molar-refractivity contribution < 1.29 is 4.79 Å². The van der Waals surface area contributed by atoms with E-state index in [0.29, 0.717) is 12.2 Å². The summed E-state index contributed by atoms with van der Waals surface area (Å²) in [5.41, 5.74) is 1.14. The number of unbranched alkanes of at least 4 members (excludes halogenated alkanes) is 4. The highest BCUT2D eigenvalue weighted by Crippen LogP contribution is 2.10. The van der Waals surface area contributed by atoms with Gasteiger partial charge >= 0.3 is 0 Å². The Bertz CT molecular complexity index is 329. The third-order valence-electron chi connectivity index (χ3n) is 2.87. The Labute approximate surface area is 118 Å². The Morgan fingerprint density at radius 1 is 1.06 bits per heavy atom. The SMILES string of the molecule is CCCCCCCC(=O)Cc1ccc(I)cc1. The summed E-state index contributed by atoms with van der Waals surface area (Å²) in [5, 5.41) is 0. The van der Waals surface area contributed by atoms with Gasteiger partial charge in [-0.3, -0.25) is 4.79 Å². The molecule has 17 heavy (non-hydrogen) atoms. The molecule has 0 aliphatic carbocycles. The molecule has 0 saturated carbocycles. The van der Waals surface area contributed by atoms with E-state index in [9.17, 15) is 4.79 Å². The Morgan fingerprint density at radius 2 is 1.71 bits per heavy atom. The lowest BCUT2D eigenvalue weighted by Crippen LogP contribution is -2.02. The van der Waals surface area contributed by atoms with Crippen LogP contribution in [-0.4, -0.2) is 5.78 Å². The fourth-order valence-corrected chi connectivity index (χ4v) is 2.20. The number of Topliss-reactive ketones (excluding diaryl/α,β-unsaturated/α-hetero) is 1. The fourth-order valence-electron chi connectivity index (χ4n) is 1.84. The molecule has 0 atom stereocenters. The van der Waals surface area contributed by atoms with Crippen molar-refractivity contribution in [3.63, 3.8) is 0 Å². The quantitative estimate of drug-likeness (QED) is 0.491. The summed E-state index contributed by atoms with van der Waals surface area (Å²) in [6.07, 6.45) is 7.44. The topological polar surface area (TPSA) is 17.1 Å². The van der Waals surface area contributed by atoms with Crippen LogP contribution in [0, 0.1) is 3.57 Å². The molecule has 0 radical (unpaired) electrons. The summed E-state index contributed by atoms with van der Waals surface area (Å²) in [6, 6.07) is 8.22. The van der Waals surface area contributed by atoms with Crippen LogP contribution in [0.15, 0.2) is 24.3 Å². The van der Waals surface area contributed by atoms with Gasteiger partial charge in [0.1, 0.15) is 5.78 Å². The van der Waals surface area contributed by atoms with Gasteiger partial charge in [-0.1, -0.05) is 44.7 Å². The Kier molecular flexibility index (Phi) is 7.49. The number of ketones is 1. The standard InChI is InChI=1S/C15H21IO/c1-2-3-4-5-6-7-15(17)12-13-8-10-14(16)11-9-13/h8-11H,2-7,12H2,1H3. The molecule has 0 aliphatic heterocycles. The number of benzene rings is 1. The van der Waals surface area contributed by atoms with Crippen molar-refractivity contribution in [1.82, 2.24) is 0 Å². The second-order valence-corrected chi connectivity index (χ2v) is 5.75. The first kappa shape index (κ1) is 14.7. The molecule has 0 bridgehead atoms. The van der Waals surface area contributed by atoms with E-state index in [1.807, 2.05) is 0 Å². The van der Waals surface area contributed by atoms with Crippen LogP contribution in [0.3, 0.4) is 0 Å². The first-order valence-electron chi connectivity index (χ1n) is 6.48. The molecule has 0 fully saturated rings. The average Bonchev–Trinajstić information content (AvgIpc) is 2.32. The van der Waals surface area contributed by atoms with Crippen LogP contribution in [0.4, 0.5) is 0 Å². The van der Waals surface area contributed by atoms with Crippen LogP contribution in [0.5, 0.6) is 0 Å². The molecule has 0 heterocycles. The predicted molar refractivity (Wildman–Crippen MR) is 81.2 cm³/mol. The van der Waals surface area contributed by atoms with Gasteiger partial charge in [0.05, 0.1) is 0 Å². The summed E-state index contributed by atoms with van der Waals surface area (Å²) < 4.78 is 1.22. The zero-order chi connectivity index (χ0) is 12.5. The maximum Gasteiger partial charge on any atom is 0.137 e. The maximum atomic E-state index is 11.7. The minimum Gasteiger partial charge on any atom is -0.299 e. The number of rotatable bonds is 8. The lowest BCUT2D eigenvalue weighted by molar-refractivity contribution is -0.118. The summed E-state index contributed by atoms with van der Waals surface area (Å²) in [6.45, 7) is 2.21. The predicted octanol–water partition coefficient (Wildman–Crippen LogP) is 4.76. The summed E-state index contributed by atoms with van der Waals surface area (Å²) in [7, 11) is 0. The third-order valence-corrected chi connectivity index (χ3v) is 3.59. The fraction of sp³-hybridized carbons (Fsp3) is 0.533. The van der Waals surface area contributed by atoms with Gasteiger partial charge in [-0.25, -0.2) is 0 Å². The molecule has 0 amide bonds. The van der Waals surface area contributed by atoms with E-state index in [2.05, 4.69) is 53.8 Å². The normalized spacial score (nSPS) is 10.5. The molecule has 0 aromatic heterocycles. The van der Waals surface area contributed by atoms with Crippen molar-refractivity contribution in [1.29, 1.82) is 0 Å². The van der Waals surface area contributed by atoms with Gasteiger partial charge in [-0.05, 0) is 46.7 Å². The van der Waals surface area contributed by atoms with E-state index in [4.69, 9.17) is 0 Å². The van der Waals surface area contributed by atoms with Crippen molar-refractivity contribution in [3.8, 4) is 0 Å². The molecule has 94 valence electrons. The highest BCUT2D eigenvalue weighted by atomic mass is 127. The van der Waals surface area contributed by atoms with Crippen LogP contribution in [0.1, 0.15) is 51.0 Å². The van der Waals surface area contributed by atoms with Gasteiger partial charge in [-0.15, -0.1) is 0 Å². The third kappa shape index (κ3) is 6.81. The molecule has 0 aliphatic rings. The molecule has 0 saturated heterocycles. The van der Waals surface area contributed by atoms with E-state index in [-0.39, 0.29) is 0 Å². The van der Waals surface area contributed by atoms with Crippen molar-refractivity contribution in [2.75, 3.05) is 0 Å². The number of carbonyl (C=O) groups is 1. The zero-order valence-electron chi connectivity index (χ0n) is 10.5. The summed E-state index contributed by atoms with van der Waals surface area (Å²) in [5.74, 6) is 0.378. The molecule has 0 spiro atoms. The minimum absolute atomic E-state index is 0.378. The molecular formula is C15H21IO. The largest absolute Gasteiger partial charge is 0.299 e. The second-order valence-electron chi connectivity index (χ2n) is 4.51. The van der Waals surface area contributed by atoms with Crippen LogP contribution in [0.2, 0.25) is 0 Å². The average molecular weight is 344 g/mol. The van der Waals surface area contributed by atoms with Crippen molar-refractivity contribution in [2.45, 2.75) is 51.9 Å². The zero-order valence-corrected chi connectivity index (χ0v) is 12.7. The number of carbonyl (C=O) groups excluding carboxylic acids is 1. The first-order chi connectivity index (χ1) is 8.22. The second kappa shape index (κ2) is 8.67. The highest BCUT2D eigenvalue weighted by molar-refractivity contribution is 14.1. The monoisotopic (exact) mass is 344 g/mol. The number of hydrogen-bond donors (Lipinski definition) is 0. The van der Waals surface area contributed by atoms with E-state index >= 15 is 0 Å². The number of hydrogen-bond acceptors (Lipinski definition) is 1. The van der Waals surface area contributed by atoms with Gasteiger partial charge in [0.2, 0.25) is 0 Å². The van der Waals surface area contributed by atoms with E-state index in [1.54, 1.807) is 0 Å². The smallest absolute Gasteiger partial charge is 0.137 e. The van der Waals surface area contributed by atoms with Crippen molar-refractivity contribution in [3.05, 3.63) is 33.4 Å². The van der Waals surface area contributed by atoms with Gasteiger partial charge in [0, 0.05) is 16.4 Å². The lowest BCUT2D eigenvalue weighted by Gasteiger charge is -2.02. The molecule has 2 heteroatoms. The Morgan fingerprint density at radius 3 is 2.35 bits per heavy atom. The van der Waals surface area contributed by atoms with Crippen LogP contribution in [0.25, 0.3) is 0 Å². The molecule has 0 N–H and O–H groups in total. The molecular weight excluding hydrogens is 323 g/mol. The first-order valence-corrected chi connectivity index (χ1v) is 7.56. The summed E-state index contributed by atoms with van der Waals surface area (Å²) in [4.78, 5) is 11.7. The molecule has 1 nitrogen and oxygen atoms in total. The summed E-state index contributed by atoms with van der Waals surface area (Å²) >= 11 is 2.28. The van der Waals surface area contributed by atoms with Crippen molar-refractivity contribution >= 4 is 28.4 Å². The van der Waals surface area contributed by atoms with E-state index in [0.717, 1.165) is 18.4 Å². The van der Waals surface area contributed by atoms with Gasteiger partial charge in [0.25, 0.3) is 0 Å². The van der Waals surface area contributed by atoms with Crippen LogP contribution >= 0.6 is 22.6 Å². The molecule has 1 aromatic carbocycles. The lowest BCUT2D eigenvalue weighted by atomic mass is 10.0. The van der Waals surface area contributed by atoms with E-state index < -0.39 is 0 Å². The van der Waals surface area contributed by atoms with Gasteiger partial charge in [-0.2, -0.15) is 0 Å². The Balaban J connectivity index is 2.18. The Hall–Kier alpha value is -0.380. The van der Waals surface area contributed by atoms with Crippen LogP contribution in [-0.2, 0) is 11.2 Å². The molecule has 1 aromatic rings. The van der Waals surface area contributed by atoms with Crippen molar-refractivity contribution in [2.24, 2.45) is 0 Å². The molecule has 0 unspecified atom stereocenters. The minimum atomic E-state index is 0.378. The van der Waals surface area contributed by atoms with E-state index in [1.165, 1.54) is 29.3 Å².